The molecule has 3 fully saturated rings. The van der Waals surface area contributed by atoms with E-state index in [2.05, 4.69) is 13.5 Å². The fourth-order valence-electron chi connectivity index (χ4n) is 8.87. The van der Waals surface area contributed by atoms with Gasteiger partial charge in [0.15, 0.2) is 17.3 Å². The third-order valence-electron chi connectivity index (χ3n) is 10.9. The van der Waals surface area contributed by atoms with Crippen LogP contribution in [0, 0.1) is 17.8 Å². The molecule has 5 aliphatic rings. The van der Waals surface area contributed by atoms with Gasteiger partial charge >= 0.3 is 5.97 Å². The van der Waals surface area contributed by atoms with E-state index in [0.717, 1.165) is 11.1 Å². The summed E-state index contributed by atoms with van der Waals surface area (Å²) in [6, 6.07) is 15.1. The number of methoxy groups -OCH3 is 2. The molecule has 0 amide bonds. The topological polar surface area (TPSA) is 110 Å². The molecular formula is C38H42O9. The molecule has 2 saturated heterocycles. The standard InChI is InChI=1S/C38H42O9/c1-22(2)36-18-24(4)38-28(34(36)45-37(46-36,47-38)20-25-10-8-7-9-11-25)15-27(19-35(41)31(38)14-23(3)33(35)40)21-44-32(39)17-26-12-13-29(42-5)30(16-26)43-6/h7-16,24,28,31,34,41H,1,17-21H2,2-6H3/t24-,28+,31-,34+,35-,36-,37?,38-/m1/s1. The Bertz CT molecular complexity index is 1700. The molecule has 7 rings (SSSR count). The summed E-state index contributed by atoms with van der Waals surface area (Å²) in [5.74, 6) is -2.42. The van der Waals surface area contributed by atoms with Crippen LogP contribution >= 0.6 is 0 Å². The highest BCUT2D eigenvalue weighted by Gasteiger charge is 2.79. The molecular weight excluding hydrogens is 600 g/mol. The van der Waals surface area contributed by atoms with E-state index >= 15 is 0 Å². The largest absolute Gasteiger partial charge is 0.493 e. The van der Waals surface area contributed by atoms with Gasteiger partial charge in [-0.25, -0.2) is 0 Å². The molecule has 9 nitrogen and oxygen atoms in total. The number of hydrogen-bond acceptors (Lipinski definition) is 9. The SMILES string of the molecule is C=C(C)[C@]12C[C@@H](C)[C@@]34OC(Cc5ccccc5)(O[C@H]1[C@@H]3C=C(COC(=O)Cc1ccc(OC)c(OC)c1)C[C@]1(O)C(=O)C(C)=C[C@@H]41)O2. The maximum absolute atomic E-state index is 13.8. The van der Waals surface area contributed by atoms with Gasteiger partial charge in [-0.15, -0.1) is 0 Å². The highest BCUT2D eigenvalue weighted by atomic mass is 16.9. The lowest BCUT2D eigenvalue weighted by molar-refractivity contribution is -0.421. The van der Waals surface area contributed by atoms with Crippen molar-refractivity contribution in [3.8, 4) is 11.5 Å². The fourth-order valence-corrected chi connectivity index (χ4v) is 8.87. The molecule has 3 aliphatic carbocycles. The van der Waals surface area contributed by atoms with Crippen molar-refractivity contribution in [3.63, 3.8) is 0 Å². The summed E-state index contributed by atoms with van der Waals surface area (Å²) in [5, 5.41) is 12.4. The smallest absolute Gasteiger partial charge is 0.310 e. The summed E-state index contributed by atoms with van der Waals surface area (Å²) in [5.41, 5.74) is -0.0661. The highest BCUT2D eigenvalue weighted by molar-refractivity contribution is 6.04. The van der Waals surface area contributed by atoms with Gasteiger partial charge in [0, 0.05) is 18.3 Å². The maximum Gasteiger partial charge on any atom is 0.310 e. The molecule has 47 heavy (non-hydrogen) atoms. The van der Waals surface area contributed by atoms with E-state index in [9.17, 15) is 14.7 Å². The Labute approximate surface area is 275 Å². The van der Waals surface area contributed by atoms with Crippen LogP contribution in [-0.4, -0.2) is 66.6 Å². The Balaban J connectivity index is 1.25. The van der Waals surface area contributed by atoms with Crippen molar-refractivity contribution < 1.29 is 43.1 Å². The number of carbonyl (C=O) groups is 2. The van der Waals surface area contributed by atoms with Crippen molar-refractivity contribution >= 4 is 11.8 Å². The minimum absolute atomic E-state index is 0.00163. The van der Waals surface area contributed by atoms with Gasteiger partial charge in [-0.3, -0.25) is 9.59 Å². The van der Waals surface area contributed by atoms with E-state index in [1.165, 1.54) is 7.11 Å². The first-order valence-corrected chi connectivity index (χ1v) is 16.2. The molecule has 1 N–H and O–H groups in total. The number of hydrogen-bond donors (Lipinski definition) is 1. The van der Waals surface area contributed by atoms with Gasteiger partial charge in [-0.2, -0.15) is 0 Å². The molecule has 0 aromatic heterocycles. The van der Waals surface area contributed by atoms with Crippen LogP contribution in [0.2, 0.25) is 0 Å². The second kappa shape index (κ2) is 11.2. The van der Waals surface area contributed by atoms with Gasteiger partial charge in [0.2, 0.25) is 0 Å². The lowest BCUT2D eigenvalue weighted by Crippen LogP contribution is -2.70. The quantitative estimate of drug-likeness (QED) is 0.297. The van der Waals surface area contributed by atoms with Crippen LogP contribution in [0.4, 0.5) is 0 Å². The third kappa shape index (κ3) is 4.73. The van der Waals surface area contributed by atoms with Crippen LogP contribution < -0.4 is 9.47 Å². The predicted octanol–water partition coefficient (Wildman–Crippen LogP) is 5.05. The average molecular weight is 643 g/mol. The van der Waals surface area contributed by atoms with E-state index in [1.807, 2.05) is 49.4 Å². The summed E-state index contributed by atoms with van der Waals surface area (Å²) < 4.78 is 37.4. The van der Waals surface area contributed by atoms with Crippen LogP contribution in [0.25, 0.3) is 0 Å². The summed E-state index contributed by atoms with van der Waals surface area (Å²) in [4.78, 5) is 26.9. The van der Waals surface area contributed by atoms with Gasteiger partial charge in [0.25, 0.3) is 5.97 Å². The Morgan fingerprint density at radius 3 is 2.49 bits per heavy atom. The summed E-state index contributed by atoms with van der Waals surface area (Å²) >= 11 is 0. The Morgan fingerprint density at radius 1 is 1.04 bits per heavy atom. The molecule has 1 saturated carbocycles. The number of benzene rings is 2. The molecule has 2 aromatic carbocycles. The van der Waals surface area contributed by atoms with Crippen LogP contribution in [0.1, 0.15) is 44.7 Å². The van der Waals surface area contributed by atoms with Crippen molar-refractivity contribution in [2.45, 2.75) is 75.3 Å². The molecule has 2 heterocycles. The number of esters is 1. The number of Topliss-reactive ketones (excluding diaryl/α,β-unsaturated/α-hetero) is 1. The number of carbonyl (C=O) groups excluding carboxylic acids is 2. The van der Waals surface area contributed by atoms with Gasteiger partial charge < -0.3 is 33.5 Å². The molecule has 8 atom stereocenters. The van der Waals surface area contributed by atoms with Crippen molar-refractivity contribution in [2.75, 3.05) is 20.8 Å². The van der Waals surface area contributed by atoms with E-state index < -0.39 is 46.7 Å². The Morgan fingerprint density at radius 2 is 1.79 bits per heavy atom. The summed E-state index contributed by atoms with van der Waals surface area (Å²) in [7, 11) is 3.09. The molecule has 248 valence electrons. The normalized spacial score (nSPS) is 36.5. The Hall–Kier alpha value is -3.76. The minimum atomic E-state index is -1.79. The van der Waals surface area contributed by atoms with Gasteiger partial charge in [-0.05, 0) is 66.2 Å². The predicted molar refractivity (Wildman–Crippen MR) is 172 cm³/mol. The minimum Gasteiger partial charge on any atom is -0.493 e. The number of ether oxygens (including phenoxy) is 6. The zero-order valence-corrected chi connectivity index (χ0v) is 27.5. The molecule has 2 aliphatic heterocycles. The lowest BCUT2D eigenvalue weighted by atomic mass is 9.55. The Kier molecular flexibility index (Phi) is 7.55. The van der Waals surface area contributed by atoms with Crippen LogP contribution in [0.5, 0.6) is 11.5 Å². The maximum atomic E-state index is 13.8. The zero-order valence-electron chi connectivity index (χ0n) is 27.5. The molecule has 3 bridgehead atoms. The first-order valence-electron chi connectivity index (χ1n) is 16.2. The lowest BCUT2D eigenvalue weighted by Gasteiger charge is -2.59. The average Bonchev–Trinajstić information content (AvgIpc) is 3.35. The second-order valence-corrected chi connectivity index (χ2v) is 13.9. The third-order valence-corrected chi connectivity index (χ3v) is 10.9. The van der Waals surface area contributed by atoms with Gasteiger partial charge in [-0.1, -0.05) is 62.1 Å². The molecule has 1 unspecified atom stereocenters. The second-order valence-electron chi connectivity index (χ2n) is 13.9. The summed E-state index contributed by atoms with van der Waals surface area (Å²) in [6.45, 7) is 10.1. The van der Waals surface area contributed by atoms with Gasteiger partial charge in [0.1, 0.15) is 23.9 Å². The molecule has 2 aromatic rings. The number of ketones is 1. The fraction of sp³-hybridized carbons (Fsp3) is 0.474. The van der Waals surface area contributed by atoms with Crippen LogP contribution in [0.3, 0.4) is 0 Å². The molecule has 0 radical (unpaired) electrons. The van der Waals surface area contributed by atoms with Crippen molar-refractivity contribution in [1.29, 1.82) is 0 Å². The number of aliphatic hydroxyl groups is 1. The van der Waals surface area contributed by atoms with Crippen molar-refractivity contribution in [3.05, 3.63) is 95.1 Å². The van der Waals surface area contributed by atoms with E-state index in [1.54, 1.807) is 32.2 Å². The number of fused-ring (bicyclic) bond motifs is 2. The number of rotatable bonds is 9. The summed E-state index contributed by atoms with van der Waals surface area (Å²) in [6.07, 6.45) is 4.27. The monoisotopic (exact) mass is 642 g/mol. The first kappa shape index (κ1) is 31.8. The molecule has 9 heteroatoms. The molecule has 0 spiro atoms. The highest BCUT2D eigenvalue weighted by Crippen LogP contribution is 2.68. The first-order chi connectivity index (χ1) is 22.4. The van der Waals surface area contributed by atoms with Crippen LogP contribution in [-0.2, 0) is 41.4 Å². The van der Waals surface area contributed by atoms with Crippen LogP contribution in [0.15, 0.2) is 84.0 Å². The van der Waals surface area contributed by atoms with Crippen molar-refractivity contribution in [2.24, 2.45) is 17.8 Å². The van der Waals surface area contributed by atoms with E-state index in [0.29, 0.717) is 41.1 Å². The van der Waals surface area contributed by atoms with Crippen molar-refractivity contribution in [1.82, 2.24) is 0 Å². The van der Waals surface area contributed by atoms with E-state index in [-0.39, 0.29) is 31.1 Å². The van der Waals surface area contributed by atoms with E-state index in [4.69, 9.17) is 28.4 Å². The van der Waals surface area contributed by atoms with Gasteiger partial charge in [0.05, 0.1) is 32.7 Å². The zero-order chi connectivity index (χ0) is 33.4.